The van der Waals surface area contributed by atoms with Crippen molar-refractivity contribution in [3.63, 3.8) is 0 Å². The number of phenols is 1. The summed E-state index contributed by atoms with van der Waals surface area (Å²) in [6.07, 6.45) is -0.128. The number of benzene rings is 3. The third-order valence-corrected chi connectivity index (χ3v) is 6.05. The molecule has 0 fully saturated rings. The largest absolute Gasteiger partial charge is 0.508 e. The molecule has 0 heterocycles. The van der Waals surface area contributed by atoms with Crippen molar-refractivity contribution in [1.82, 2.24) is 5.32 Å². The van der Waals surface area contributed by atoms with Gasteiger partial charge in [-0.1, -0.05) is 60.7 Å². The number of aliphatic carboxylic acids is 1. The molecule has 0 bridgehead atoms. The number of rotatable bonds is 7. The van der Waals surface area contributed by atoms with Gasteiger partial charge in [0, 0.05) is 17.9 Å². The lowest BCUT2D eigenvalue weighted by molar-refractivity contribution is -0.164. The number of carboxylic acids is 1. The third-order valence-electron chi connectivity index (χ3n) is 6.05. The summed E-state index contributed by atoms with van der Waals surface area (Å²) in [5.41, 5.74) is 2.22. The number of carbonyl (C=O) groups is 2. The molecular formula is C28H29NO5. The highest BCUT2D eigenvalue weighted by atomic mass is 16.5. The summed E-state index contributed by atoms with van der Waals surface area (Å²) in [5, 5.41) is 22.9. The summed E-state index contributed by atoms with van der Waals surface area (Å²) in [5.74, 6) is -2.27. The quantitative estimate of drug-likeness (QED) is 0.356. The average Bonchev–Trinajstić information content (AvgIpc) is 3.11. The number of fused-ring (bicyclic) bond motifs is 3. The molecule has 0 unspecified atom stereocenters. The van der Waals surface area contributed by atoms with Crippen LogP contribution in [-0.2, 0) is 20.7 Å². The van der Waals surface area contributed by atoms with E-state index in [9.17, 15) is 19.8 Å². The third kappa shape index (κ3) is 4.54. The van der Waals surface area contributed by atoms with Gasteiger partial charge in [0.2, 0.25) is 5.54 Å². The van der Waals surface area contributed by atoms with E-state index in [-0.39, 0.29) is 24.7 Å². The summed E-state index contributed by atoms with van der Waals surface area (Å²) in [6, 6.07) is 22.1. The van der Waals surface area contributed by atoms with Crippen molar-refractivity contribution in [2.24, 2.45) is 0 Å². The minimum atomic E-state index is -1.99. The molecular weight excluding hydrogens is 430 g/mol. The monoisotopic (exact) mass is 459 g/mol. The van der Waals surface area contributed by atoms with E-state index in [0.29, 0.717) is 5.56 Å². The number of esters is 1. The van der Waals surface area contributed by atoms with Crippen LogP contribution < -0.4 is 5.32 Å². The number of hydrogen-bond donors (Lipinski definition) is 3. The predicted molar refractivity (Wildman–Crippen MR) is 130 cm³/mol. The Hall–Kier alpha value is -3.64. The predicted octanol–water partition coefficient (Wildman–Crippen LogP) is 4.50. The molecule has 3 aromatic rings. The number of carbonyl (C=O) groups excluding carboxylic acids is 1. The van der Waals surface area contributed by atoms with Gasteiger partial charge < -0.3 is 14.9 Å². The summed E-state index contributed by atoms with van der Waals surface area (Å²) in [6.45, 7) is 5.44. The van der Waals surface area contributed by atoms with E-state index >= 15 is 0 Å². The van der Waals surface area contributed by atoms with E-state index in [0.717, 1.165) is 22.3 Å². The fourth-order valence-corrected chi connectivity index (χ4v) is 4.67. The van der Waals surface area contributed by atoms with E-state index in [1.807, 2.05) is 48.5 Å². The number of carboxylic acid groups (broad SMARTS) is 1. The molecule has 0 saturated carbocycles. The first-order valence-electron chi connectivity index (χ1n) is 11.3. The Kier molecular flexibility index (Phi) is 6.19. The fraction of sp³-hybridized carbons (Fsp3) is 0.286. The van der Waals surface area contributed by atoms with Gasteiger partial charge in [0.15, 0.2) is 0 Å². The maximum absolute atomic E-state index is 13.5. The second-order valence-corrected chi connectivity index (χ2v) is 9.75. The van der Waals surface area contributed by atoms with Crippen molar-refractivity contribution >= 4 is 11.9 Å². The van der Waals surface area contributed by atoms with Crippen LogP contribution in [0, 0.1) is 0 Å². The van der Waals surface area contributed by atoms with Crippen LogP contribution in [0.1, 0.15) is 43.4 Å². The molecule has 6 nitrogen and oxygen atoms in total. The Bertz CT molecular complexity index is 1170. The summed E-state index contributed by atoms with van der Waals surface area (Å²) in [7, 11) is 0. The zero-order valence-electron chi connectivity index (χ0n) is 19.5. The molecule has 3 N–H and O–H groups in total. The molecule has 1 aliphatic carbocycles. The van der Waals surface area contributed by atoms with E-state index in [1.54, 1.807) is 32.9 Å². The van der Waals surface area contributed by atoms with Crippen molar-refractivity contribution in [3.05, 3.63) is 89.5 Å². The van der Waals surface area contributed by atoms with Crippen LogP contribution >= 0.6 is 0 Å². The van der Waals surface area contributed by atoms with Crippen molar-refractivity contribution in [2.75, 3.05) is 6.61 Å². The zero-order valence-corrected chi connectivity index (χ0v) is 19.5. The molecule has 176 valence electrons. The average molecular weight is 460 g/mol. The Morgan fingerprint density at radius 3 is 1.91 bits per heavy atom. The van der Waals surface area contributed by atoms with Gasteiger partial charge in [-0.25, -0.2) is 9.59 Å². The van der Waals surface area contributed by atoms with Crippen LogP contribution in [0.25, 0.3) is 11.1 Å². The molecule has 0 radical (unpaired) electrons. The van der Waals surface area contributed by atoms with Gasteiger partial charge in [0.05, 0.1) is 0 Å². The topological polar surface area (TPSA) is 95.9 Å². The second kappa shape index (κ2) is 8.95. The molecule has 1 atom stereocenters. The van der Waals surface area contributed by atoms with Crippen molar-refractivity contribution in [1.29, 1.82) is 0 Å². The van der Waals surface area contributed by atoms with Gasteiger partial charge >= 0.3 is 11.9 Å². The number of phenolic OH excluding ortho intramolecular Hbond substituents is 1. The summed E-state index contributed by atoms with van der Waals surface area (Å²) >= 11 is 0. The van der Waals surface area contributed by atoms with E-state index in [2.05, 4.69) is 5.32 Å². The Morgan fingerprint density at radius 2 is 1.41 bits per heavy atom. The maximum Gasteiger partial charge on any atom is 0.338 e. The lowest BCUT2D eigenvalue weighted by Gasteiger charge is -2.35. The van der Waals surface area contributed by atoms with Gasteiger partial charge in [-0.3, -0.25) is 5.32 Å². The fourth-order valence-electron chi connectivity index (χ4n) is 4.67. The Labute approximate surface area is 199 Å². The molecule has 0 aliphatic heterocycles. The standard InChI is InChI=1S/C28H29NO5/c1-27(2,3)29-28(25(31)32,16-18-12-14-19(30)15-13-18)26(33)34-17-24-22-10-6-4-8-20(22)21-9-5-7-11-23(21)24/h4-15,24,29-30H,16-17H2,1-3H3,(H,31,32)/t28-/m0/s1. The van der Waals surface area contributed by atoms with Gasteiger partial charge in [-0.15, -0.1) is 0 Å². The van der Waals surface area contributed by atoms with Crippen LogP contribution in [0.15, 0.2) is 72.8 Å². The van der Waals surface area contributed by atoms with Crippen LogP contribution in [0.2, 0.25) is 0 Å². The van der Waals surface area contributed by atoms with E-state index in [1.165, 1.54) is 12.1 Å². The van der Waals surface area contributed by atoms with Gasteiger partial charge in [-0.2, -0.15) is 0 Å². The Morgan fingerprint density at radius 1 is 0.882 bits per heavy atom. The first-order chi connectivity index (χ1) is 16.1. The highest BCUT2D eigenvalue weighted by Crippen LogP contribution is 2.44. The number of nitrogens with one attached hydrogen (secondary N) is 1. The second-order valence-electron chi connectivity index (χ2n) is 9.75. The Balaban J connectivity index is 1.64. The van der Waals surface area contributed by atoms with Crippen LogP contribution in [0.3, 0.4) is 0 Å². The lowest BCUT2D eigenvalue weighted by atomic mass is 9.87. The number of ether oxygens (including phenoxy) is 1. The zero-order chi connectivity index (χ0) is 24.5. The normalized spacial score (nSPS) is 14.7. The van der Waals surface area contributed by atoms with Crippen LogP contribution in [-0.4, -0.2) is 39.8 Å². The minimum absolute atomic E-state index is 0.0310. The molecule has 6 heteroatoms. The highest BCUT2D eigenvalue weighted by Gasteiger charge is 2.50. The first-order valence-corrected chi connectivity index (χ1v) is 11.3. The maximum atomic E-state index is 13.5. The van der Waals surface area contributed by atoms with Crippen molar-refractivity contribution < 1.29 is 24.5 Å². The summed E-state index contributed by atoms with van der Waals surface area (Å²) in [4.78, 5) is 26.1. The summed E-state index contributed by atoms with van der Waals surface area (Å²) < 4.78 is 5.78. The van der Waals surface area contributed by atoms with Gasteiger partial charge in [-0.05, 0) is 60.7 Å². The van der Waals surface area contributed by atoms with Gasteiger partial charge in [0.25, 0.3) is 0 Å². The number of aromatic hydroxyl groups is 1. The first kappa shape index (κ1) is 23.5. The highest BCUT2D eigenvalue weighted by molar-refractivity contribution is 6.04. The molecule has 0 amide bonds. The van der Waals surface area contributed by atoms with Crippen LogP contribution in [0.4, 0.5) is 0 Å². The molecule has 0 saturated heterocycles. The SMILES string of the molecule is CC(C)(C)N[C@@](Cc1ccc(O)cc1)(C(=O)O)C(=O)OCC1c2ccccc2-c2ccccc21. The molecule has 0 spiro atoms. The van der Waals surface area contributed by atoms with Gasteiger partial charge in [0.1, 0.15) is 12.4 Å². The molecule has 34 heavy (non-hydrogen) atoms. The van der Waals surface area contributed by atoms with Crippen LogP contribution in [0.5, 0.6) is 5.75 Å². The van der Waals surface area contributed by atoms with Crippen molar-refractivity contribution in [3.8, 4) is 16.9 Å². The molecule has 1 aliphatic rings. The smallest absolute Gasteiger partial charge is 0.338 e. The van der Waals surface area contributed by atoms with E-state index in [4.69, 9.17) is 4.74 Å². The number of hydrogen-bond acceptors (Lipinski definition) is 5. The molecule has 3 aromatic carbocycles. The lowest BCUT2D eigenvalue weighted by Crippen LogP contribution is -2.65. The minimum Gasteiger partial charge on any atom is -0.508 e. The van der Waals surface area contributed by atoms with E-state index < -0.39 is 23.0 Å². The molecule has 0 aromatic heterocycles. The molecule has 4 rings (SSSR count). The van der Waals surface area contributed by atoms with Crippen molar-refractivity contribution in [2.45, 2.75) is 44.2 Å².